The molecule has 6 heteroatoms. The van der Waals surface area contributed by atoms with Gasteiger partial charge in [0, 0.05) is 10.9 Å². The molecule has 28 heavy (non-hydrogen) atoms. The van der Waals surface area contributed by atoms with E-state index >= 15 is 0 Å². The maximum atomic E-state index is 11.0. The fourth-order valence-corrected chi connectivity index (χ4v) is 5.80. The zero-order valence-corrected chi connectivity index (χ0v) is 17.3. The van der Waals surface area contributed by atoms with E-state index < -0.39 is 16.8 Å². The molecule has 0 saturated carbocycles. The van der Waals surface area contributed by atoms with Crippen molar-refractivity contribution < 1.29 is 19.2 Å². The first-order valence-corrected chi connectivity index (χ1v) is 11.8. The Bertz CT molecular complexity index is 1000. The summed E-state index contributed by atoms with van der Waals surface area (Å²) in [6.07, 6.45) is 3.00. The lowest BCUT2D eigenvalue weighted by atomic mass is 9.81. The quantitative estimate of drug-likeness (QED) is 0.388. The van der Waals surface area contributed by atoms with Crippen LogP contribution in [-0.2, 0) is 6.42 Å². The Morgan fingerprint density at radius 3 is 2.29 bits per heavy atom. The number of aryl methyl sites for hydroxylation is 1. The lowest BCUT2D eigenvalue weighted by molar-refractivity contribution is 0.491. The minimum absolute atomic E-state index is 0.350. The smallest absolute Gasteiger partial charge is 0.263 e. The molecule has 0 radical (unpaired) electrons. The van der Waals surface area contributed by atoms with Crippen molar-refractivity contribution in [1.29, 1.82) is 0 Å². The Morgan fingerprint density at radius 1 is 0.821 bits per heavy atom. The molecular formula is C22H22O4P2. The molecule has 0 saturated heterocycles. The van der Waals surface area contributed by atoms with Gasteiger partial charge in [-0.25, -0.2) is 0 Å². The number of unbranched alkanes of at least 4 members (excludes halogenated alkanes) is 1. The van der Waals surface area contributed by atoms with Gasteiger partial charge in [0.1, 0.15) is 5.75 Å². The lowest BCUT2D eigenvalue weighted by Gasteiger charge is -2.30. The summed E-state index contributed by atoms with van der Waals surface area (Å²) >= 11 is 0. The van der Waals surface area contributed by atoms with E-state index in [1.165, 1.54) is 0 Å². The molecule has 3 aromatic carbocycles. The van der Waals surface area contributed by atoms with Crippen LogP contribution in [0.3, 0.4) is 0 Å². The highest BCUT2D eigenvalue weighted by Gasteiger charge is 2.33. The highest BCUT2D eigenvalue weighted by atomic mass is 31.2. The summed E-state index contributed by atoms with van der Waals surface area (Å²) in [7, 11) is -4.40. The predicted molar refractivity (Wildman–Crippen MR) is 116 cm³/mol. The van der Waals surface area contributed by atoms with E-state index in [9.17, 15) is 14.7 Å². The van der Waals surface area contributed by atoms with Gasteiger partial charge in [-0.05, 0) is 47.2 Å². The van der Waals surface area contributed by atoms with Crippen molar-refractivity contribution in [1.82, 2.24) is 0 Å². The van der Waals surface area contributed by atoms with Gasteiger partial charge in [-0.15, -0.1) is 0 Å². The minimum Gasteiger partial charge on any atom is -0.444 e. The van der Waals surface area contributed by atoms with Crippen LogP contribution in [0, 0.1) is 0 Å². The molecule has 1 aliphatic carbocycles. The molecule has 0 spiro atoms. The molecule has 4 nitrogen and oxygen atoms in total. The van der Waals surface area contributed by atoms with E-state index in [0.29, 0.717) is 16.4 Å². The summed E-state index contributed by atoms with van der Waals surface area (Å²) in [5, 5.41) is 0.857. The molecule has 1 atom stereocenters. The molecule has 144 valence electrons. The predicted octanol–water partition coefficient (Wildman–Crippen LogP) is 4.61. The Hall–Kier alpha value is -1.80. The average Bonchev–Trinajstić information content (AvgIpc) is 2.70. The molecule has 4 rings (SSSR count). The lowest BCUT2D eigenvalue weighted by Crippen LogP contribution is -2.28. The molecule has 3 N–H and O–H groups in total. The molecule has 0 bridgehead atoms. The number of hydrogen-bond donors (Lipinski definition) is 3. The fourth-order valence-electron chi connectivity index (χ4n) is 3.61. The van der Waals surface area contributed by atoms with Crippen LogP contribution in [-0.4, -0.2) is 14.7 Å². The van der Waals surface area contributed by atoms with E-state index in [-0.39, 0.29) is 0 Å². The molecule has 0 aliphatic heterocycles. The normalized spacial score (nSPS) is 12.9. The Morgan fingerprint density at radius 2 is 1.54 bits per heavy atom. The summed E-state index contributed by atoms with van der Waals surface area (Å²) in [5.74, 6) is 0.654. The SMILES string of the molecule is CCCCc1ccccc1OP(O)c1c(P(O)O)ccc2c1-c1ccccc1-2. The summed E-state index contributed by atoms with van der Waals surface area (Å²) in [6, 6.07) is 19.2. The van der Waals surface area contributed by atoms with Crippen molar-refractivity contribution >= 4 is 27.4 Å². The first-order chi connectivity index (χ1) is 13.6. The molecule has 1 unspecified atom stereocenters. The van der Waals surface area contributed by atoms with E-state index in [1.54, 1.807) is 6.07 Å². The first kappa shape index (κ1) is 19.5. The van der Waals surface area contributed by atoms with Gasteiger partial charge in [0.05, 0.1) is 5.30 Å². The second kappa shape index (κ2) is 8.29. The number of para-hydroxylation sites is 1. The molecule has 0 heterocycles. The third kappa shape index (κ3) is 3.48. The van der Waals surface area contributed by atoms with Gasteiger partial charge in [-0.3, -0.25) is 0 Å². The topological polar surface area (TPSA) is 69.9 Å². The zero-order valence-electron chi connectivity index (χ0n) is 15.5. The van der Waals surface area contributed by atoms with Gasteiger partial charge in [-0.1, -0.05) is 61.9 Å². The van der Waals surface area contributed by atoms with Crippen LogP contribution in [0.15, 0.2) is 60.7 Å². The van der Waals surface area contributed by atoms with Gasteiger partial charge in [0.15, 0.2) is 8.38 Å². The third-order valence-corrected chi connectivity index (χ3v) is 7.20. The van der Waals surface area contributed by atoms with E-state index in [4.69, 9.17) is 4.52 Å². The van der Waals surface area contributed by atoms with Crippen molar-refractivity contribution in [2.24, 2.45) is 0 Å². The van der Waals surface area contributed by atoms with Gasteiger partial charge < -0.3 is 19.2 Å². The zero-order chi connectivity index (χ0) is 19.7. The van der Waals surface area contributed by atoms with Gasteiger partial charge in [0.25, 0.3) is 8.38 Å². The monoisotopic (exact) mass is 412 g/mol. The number of benzene rings is 3. The first-order valence-electron chi connectivity index (χ1n) is 9.31. The summed E-state index contributed by atoms with van der Waals surface area (Å²) < 4.78 is 6.01. The van der Waals surface area contributed by atoms with E-state index in [2.05, 4.69) is 6.92 Å². The Balaban J connectivity index is 1.73. The Kier molecular flexibility index (Phi) is 5.78. The second-order valence-corrected chi connectivity index (χ2v) is 9.00. The van der Waals surface area contributed by atoms with E-state index in [0.717, 1.165) is 47.1 Å². The van der Waals surface area contributed by atoms with Gasteiger partial charge in [0.2, 0.25) is 0 Å². The second-order valence-electron chi connectivity index (χ2n) is 6.77. The van der Waals surface area contributed by atoms with Crippen LogP contribution in [0.4, 0.5) is 0 Å². The molecular weight excluding hydrogens is 390 g/mol. The maximum absolute atomic E-state index is 11.0. The molecule has 1 aliphatic rings. The number of rotatable bonds is 7. The highest BCUT2D eigenvalue weighted by Crippen LogP contribution is 2.51. The summed E-state index contributed by atoms with van der Waals surface area (Å²) in [4.78, 5) is 30.9. The van der Waals surface area contributed by atoms with Crippen molar-refractivity contribution in [2.75, 3.05) is 0 Å². The van der Waals surface area contributed by atoms with Crippen LogP contribution < -0.4 is 15.1 Å². The highest BCUT2D eigenvalue weighted by molar-refractivity contribution is 7.62. The van der Waals surface area contributed by atoms with Crippen LogP contribution in [0.25, 0.3) is 22.3 Å². The summed E-state index contributed by atoms with van der Waals surface area (Å²) in [6.45, 7) is 2.14. The maximum Gasteiger partial charge on any atom is 0.263 e. The average molecular weight is 412 g/mol. The van der Waals surface area contributed by atoms with Crippen molar-refractivity contribution in [3.63, 3.8) is 0 Å². The molecule has 0 amide bonds. The van der Waals surface area contributed by atoms with Crippen LogP contribution in [0.2, 0.25) is 0 Å². The Labute approximate surface area is 167 Å². The van der Waals surface area contributed by atoms with Gasteiger partial charge >= 0.3 is 0 Å². The van der Waals surface area contributed by atoms with Crippen molar-refractivity contribution in [3.8, 4) is 28.0 Å². The van der Waals surface area contributed by atoms with Crippen LogP contribution in [0.1, 0.15) is 25.3 Å². The van der Waals surface area contributed by atoms with E-state index in [1.807, 2.05) is 54.6 Å². The standard InChI is InChI=1S/C22H22O4P2/c1-2-3-8-15-9-4-7-12-19(15)26-28(25)22-20(27(23)24)14-13-18-16-10-5-6-11-17(16)21(18)22/h4-7,9-14,23-25H,2-3,8H2,1H3. The van der Waals surface area contributed by atoms with Crippen molar-refractivity contribution in [3.05, 3.63) is 66.2 Å². The van der Waals surface area contributed by atoms with Crippen LogP contribution >= 0.6 is 16.8 Å². The summed E-state index contributed by atoms with van der Waals surface area (Å²) in [5.41, 5.74) is 5.05. The number of fused-ring (bicyclic) bond motifs is 4. The van der Waals surface area contributed by atoms with Crippen LogP contribution in [0.5, 0.6) is 5.75 Å². The molecule has 0 aromatic heterocycles. The largest absolute Gasteiger partial charge is 0.444 e. The third-order valence-electron chi connectivity index (χ3n) is 5.01. The molecule has 3 aromatic rings. The van der Waals surface area contributed by atoms with Crippen molar-refractivity contribution in [2.45, 2.75) is 26.2 Å². The number of hydrogen-bond acceptors (Lipinski definition) is 4. The fraction of sp³-hybridized carbons (Fsp3) is 0.182. The minimum atomic E-state index is -2.35. The van der Waals surface area contributed by atoms with Gasteiger partial charge in [-0.2, -0.15) is 0 Å². The molecule has 0 fully saturated rings.